The summed E-state index contributed by atoms with van der Waals surface area (Å²) in [5.41, 5.74) is 1.60. The zero-order valence-corrected chi connectivity index (χ0v) is 17.5. The third-order valence-electron chi connectivity index (χ3n) is 4.43. The van der Waals surface area contributed by atoms with Gasteiger partial charge in [-0.2, -0.15) is 4.31 Å². The molecule has 0 spiro atoms. The van der Waals surface area contributed by atoms with Crippen LogP contribution in [0.5, 0.6) is 11.5 Å². The molecular formula is C20H26N2O5S. The van der Waals surface area contributed by atoms with E-state index < -0.39 is 10.0 Å². The molecule has 0 aromatic heterocycles. The number of benzene rings is 2. The van der Waals surface area contributed by atoms with Gasteiger partial charge < -0.3 is 14.8 Å². The molecule has 28 heavy (non-hydrogen) atoms. The summed E-state index contributed by atoms with van der Waals surface area (Å²) in [4.78, 5) is 12.5. The Morgan fingerprint density at radius 1 is 1.11 bits per heavy atom. The van der Waals surface area contributed by atoms with Gasteiger partial charge >= 0.3 is 0 Å². The van der Waals surface area contributed by atoms with Crippen molar-refractivity contribution < 1.29 is 22.7 Å². The Balaban J connectivity index is 2.04. The number of likely N-dealkylation sites (N-methyl/N-ethyl adjacent to an activating group) is 1. The largest absolute Gasteiger partial charge is 0.497 e. The van der Waals surface area contributed by atoms with E-state index in [2.05, 4.69) is 5.32 Å². The summed E-state index contributed by atoms with van der Waals surface area (Å²) in [6.07, 6.45) is 0. The van der Waals surface area contributed by atoms with E-state index >= 15 is 0 Å². The van der Waals surface area contributed by atoms with Crippen LogP contribution in [0.3, 0.4) is 0 Å². The molecule has 1 amide bonds. The summed E-state index contributed by atoms with van der Waals surface area (Å²) in [5, 5.41) is 2.81. The molecule has 152 valence electrons. The zero-order valence-electron chi connectivity index (χ0n) is 16.7. The first-order chi connectivity index (χ1) is 13.2. The highest BCUT2D eigenvalue weighted by Gasteiger charge is 2.24. The van der Waals surface area contributed by atoms with Crippen molar-refractivity contribution in [2.24, 2.45) is 0 Å². The Labute approximate surface area is 166 Å². The van der Waals surface area contributed by atoms with Crippen LogP contribution in [0, 0.1) is 6.92 Å². The molecule has 0 radical (unpaired) electrons. The molecular weight excluding hydrogens is 380 g/mol. The first-order valence-corrected chi connectivity index (χ1v) is 10.2. The lowest BCUT2D eigenvalue weighted by molar-refractivity contribution is -0.121. The molecule has 2 aromatic carbocycles. The number of nitrogens with one attached hydrogen (secondary N) is 1. The number of nitrogens with zero attached hydrogens (tertiary/aromatic N) is 1. The number of amides is 1. The molecule has 2 rings (SSSR count). The number of hydrogen-bond donors (Lipinski definition) is 1. The lowest BCUT2D eigenvalue weighted by Crippen LogP contribution is -2.39. The van der Waals surface area contributed by atoms with E-state index in [1.54, 1.807) is 32.2 Å². The number of hydrogen-bond acceptors (Lipinski definition) is 5. The van der Waals surface area contributed by atoms with Gasteiger partial charge in [0, 0.05) is 7.05 Å². The van der Waals surface area contributed by atoms with Gasteiger partial charge in [0.2, 0.25) is 15.9 Å². The van der Waals surface area contributed by atoms with E-state index in [4.69, 9.17) is 9.47 Å². The van der Waals surface area contributed by atoms with Crippen molar-refractivity contribution in [2.75, 3.05) is 27.8 Å². The maximum absolute atomic E-state index is 12.7. The summed E-state index contributed by atoms with van der Waals surface area (Å²) < 4.78 is 36.8. The smallest absolute Gasteiger partial charge is 0.243 e. The number of methoxy groups -OCH3 is 2. The van der Waals surface area contributed by atoms with Crippen molar-refractivity contribution in [2.45, 2.75) is 24.8 Å². The van der Waals surface area contributed by atoms with Crippen molar-refractivity contribution in [3.8, 4) is 11.5 Å². The van der Waals surface area contributed by atoms with Crippen LogP contribution in [0.25, 0.3) is 0 Å². The normalized spacial score (nSPS) is 12.5. The monoisotopic (exact) mass is 406 g/mol. The van der Waals surface area contributed by atoms with E-state index in [0.717, 1.165) is 15.6 Å². The molecule has 0 aliphatic heterocycles. The molecule has 0 saturated heterocycles. The first-order valence-electron chi connectivity index (χ1n) is 8.73. The lowest BCUT2D eigenvalue weighted by Gasteiger charge is -2.20. The van der Waals surface area contributed by atoms with Crippen molar-refractivity contribution in [1.29, 1.82) is 0 Å². The van der Waals surface area contributed by atoms with Crippen LogP contribution in [0.4, 0.5) is 0 Å². The quantitative estimate of drug-likeness (QED) is 0.728. The molecule has 0 aliphatic carbocycles. The van der Waals surface area contributed by atoms with E-state index in [1.807, 2.05) is 19.1 Å². The van der Waals surface area contributed by atoms with Crippen LogP contribution < -0.4 is 14.8 Å². The van der Waals surface area contributed by atoms with Crippen LogP contribution >= 0.6 is 0 Å². The predicted molar refractivity (Wildman–Crippen MR) is 107 cm³/mol. The van der Waals surface area contributed by atoms with Gasteiger partial charge in [0.15, 0.2) is 0 Å². The third kappa shape index (κ3) is 5.02. The molecule has 0 aliphatic rings. The summed E-state index contributed by atoms with van der Waals surface area (Å²) in [5.74, 6) is 0.940. The van der Waals surface area contributed by atoms with Gasteiger partial charge in [-0.05, 0) is 55.3 Å². The third-order valence-corrected chi connectivity index (χ3v) is 6.23. The average Bonchev–Trinajstić information content (AvgIpc) is 2.67. The number of carbonyl (C=O) groups excluding carboxylic acids is 1. The fourth-order valence-corrected chi connectivity index (χ4v) is 3.95. The zero-order chi connectivity index (χ0) is 20.9. The molecule has 0 saturated carbocycles. The highest BCUT2D eigenvalue weighted by atomic mass is 32.2. The fourth-order valence-electron chi connectivity index (χ4n) is 2.74. The van der Waals surface area contributed by atoms with Crippen molar-refractivity contribution in [3.63, 3.8) is 0 Å². The summed E-state index contributed by atoms with van der Waals surface area (Å²) in [7, 11) is 0.700. The van der Waals surface area contributed by atoms with Gasteiger partial charge in [0.05, 0.1) is 31.7 Å². The summed E-state index contributed by atoms with van der Waals surface area (Å²) in [6, 6.07) is 11.6. The maximum atomic E-state index is 12.7. The van der Waals surface area contributed by atoms with E-state index in [1.165, 1.54) is 26.3 Å². The number of aryl methyl sites for hydroxylation is 1. The molecule has 0 heterocycles. The minimum atomic E-state index is -3.79. The number of rotatable bonds is 8. The number of ether oxygens (including phenoxy) is 2. The lowest BCUT2D eigenvalue weighted by atomic mass is 10.1. The standard InChI is InChI=1S/C20H26N2O5S/c1-14-12-18(10-11-19(14)27-5)28(24,25)22(3)13-20(23)21-15(2)16-6-8-17(26-4)9-7-16/h6-12,15H,13H2,1-5H3,(H,21,23)/t15-/m0/s1. The predicted octanol–water partition coefficient (Wildman–Crippen LogP) is 2.51. The van der Waals surface area contributed by atoms with Gasteiger partial charge in [-0.15, -0.1) is 0 Å². The Kier molecular flexibility index (Phi) is 7.04. The fraction of sp³-hybridized carbons (Fsp3) is 0.350. The van der Waals surface area contributed by atoms with Crippen LogP contribution in [0.1, 0.15) is 24.1 Å². The van der Waals surface area contributed by atoms with Gasteiger partial charge in [0.1, 0.15) is 11.5 Å². The molecule has 8 heteroatoms. The summed E-state index contributed by atoms with van der Waals surface area (Å²) in [6.45, 7) is 3.32. The Hall–Kier alpha value is -2.58. The van der Waals surface area contributed by atoms with Gasteiger partial charge in [-0.3, -0.25) is 4.79 Å². The van der Waals surface area contributed by atoms with E-state index in [0.29, 0.717) is 11.3 Å². The van der Waals surface area contributed by atoms with E-state index in [9.17, 15) is 13.2 Å². The van der Waals surface area contributed by atoms with Crippen LogP contribution in [-0.4, -0.2) is 46.4 Å². The Morgan fingerprint density at radius 3 is 2.29 bits per heavy atom. The molecule has 0 unspecified atom stereocenters. The average molecular weight is 407 g/mol. The second-order valence-corrected chi connectivity index (χ2v) is 8.50. The molecule has 0 bridgehead atoms. The number of sulfonamides is 1. The molecule has 1 N–H and O–H groups in total. The topological polar surface area (TPSA) is 84.9 Å². The summed E-state index contributed by atoms with van der Waals surface area (Å²) >= 11 is 0. The maximum Gasteiger partial charge on any atom is 0.243 e. The van der Waals surface area contributed by atoms with Crippen LogP contribution in [-0.2, 0) is 14.8 Å². The van der Waals surface area contributed by atoms with Crippen LogP contribution in [0.2, 0.25) is 0 Å². The van der Waals surface area contributed by atoms with Gasteiger partial charge in [-0.25, -0.2) is 8.42 Å². The van der Waals surface area contributed by atoms with E-state index in [-0.39, 0.29) is 23.4 Å². The molecule has 2 aromatic rings. The van der Waals surface area contributed by atoms with Crippen LogP contribution in [0.15, 0.2) is 47.4 Å². The SMILES string of the molecule is COc1ccc([C@H](C)NC(=O)CN(C)S(=O)(=O)c2ccc(OC)c(C)c2)cc1. The minimum Gasteiger partial charge on any atom is -0.497 e. The van der Waals surface area contributed by atoms with Crippen molar-refractivity contribution in [3.05, 3.63) is 53.6 Å². The second kappa shape index (κ2) is 9.07. The van der Waals surface area contributed by atoms with Gasteiger partial charge in [-0.1, -0.05) is 12.1 Å². The highest BCUT2D eigenvalue weighted by molar-refractivity contribution is 7.89. The first kappa shape index (κ1) is 21.7. The molecule has 0 fully saturated rings. The van der Waals surface area contributed by atoms with Gasteiger partial charge in [0.25, 0.3) is 0 Å². The Bertz CT molecular complexity index is 926. The minimum absolute atomic E-state index is 0.115. The Morgan fingerprint density at radius 2 is 1.75 bits per heavy atom. The van der Waals surface area contributed by atoms with Crippen molar-refractivity contribution >= 4 is 15.9 Å². The number of carbonyl (C=O) groups is 1. The molecule has 7 nitrogen and oxygen atoms in total. The molecule has 1 atom stereocenters. The van der Waals surface area contributed by atoms with Crippen molar-refractivity contribution in [1.82, 2.24) is 9.62 Å². The highest BCUT2D eigenvalue weighted by Crippen LogP contribution is 2.23. The second-order valence-electron chi connectivity index (χ2n) is 6.45.